The van der Waals surface area contributed by atoms with Gasteiger partial charge in [-0.25, -0.2) is 0 Å². The van der Waals surface area contributed by atoms with Gasteiger partial charge in [0.25, 0.3) is 0 Å². The van der Waals surface area contributed by atoms with Crippen LogP contribution in [-0.2, 0) is 0 Å². The Bertz CT molecular complexity index is 549. The lowest BCUT2D eigenvalue weighted by molar-refractivity contribution is 0.437. The Hall–Kier alpha value is -1.68. The summed E-state index contributed by atoms with van der Waals surface area (Å²) in [5, 5.41) is 14.3. The number of halogens is 1. The predicted octanol–water partition coefficient (Wildman–Crippen LogP) is 3.41. The summed E-state index contributed by atoms with van der Waals surface area (Å²) in [6, 6.07) is 4.86. The fourth-order valence-electron chi connectivity index (χ4n) is 1.64. The summed E-state index contributed by atoms with van der Waals surface area (Å²) in [6.07, 6.45) is 0. The maximum Gasteiger partial charge on any atom is 0.222 e. The summed E-state index contributed by atoms with van der Waals surface area (Å²) in [7, 11) is 0. The van der Waals surface area contributed by atoms with Gasteiger partial charge in [-0.2, -0.15) is 0 Å². The highest BCUT2D eigenvalue weighted by atomic mass is 35.5. The van der Waals surface area contributed by atoms with Crippen molar-refractivity contribution >= 4 is 17.5 Å². The molecule has 0 aliphatic heterocycles. The molecule has 0 saturated heterocycles. The molecule has 0 aliphatic carbocycles. The number of aromatic hydroxyl groups is 1. The van der Waals surface area contributed by atoms with Gasteiger partial charge in [0.2, 0.25) is 5.88 Å². The van der Waals surface area contributed by atoms with Gasteiger partial charge in [0.15, 0.2) is 0 Å². The van der Waals surface area contributed by atoms with Crippen LogP contribution in [0, 0.1) is 0 Å². The van der Waals surface area contributed by atoms with Crippen molar-refractivity contribution in [1.82, 2.24) is 5.16 Å². The van der Waals surface area contributed by atoms with E-state index in [1.54, 1.807) is 18.2 Å². The zero-order chi connectivity index (χ0) is 12.6. The van der Waals surface area contributed by atoms with E-state index in [2.05, 4.69) is 5.16 Å². The Morgan fingerprint density at radius 3 is 2.59 bits per heavy atom. The smallest absolute Gasteiger partial charge is 0.222 e. The van der Waals surface area contributed by atoms with E-state index in [1.165, 1.54) is 0 Å². The van der Waals surface area contributed by atoms with E-state index < -0.39 is 0 Å². The molecule has 4 nitrogen and oxygen atoms in total. The third-order valence-electron chi connectivity index (χ3n) is 2.54. The molecule has 1 aromatic heterocycles. The van der Waals surface area contributed by atoms with E-state index in [0.717, 1.165) is 5.56 Å². The van der Waals surface area contributed by atoms with Gasteiger partial charge in [0, 0.05) is 16.7 Å². The largest absolute Gasteiger partial charge is 0.507 e. The first-order valence-electron chi connectivity index (χ1n) is 5.24. The Morgan fingerprint density at radius 1 is 1.35 bits per heavy atom. The molecule has 0 amide bonds. The molecular weight excluding hydrogens is 240 g/mol. The van der Waals surface area contributed by atoms with Crippen molar-refractivity contribution in [2.24, 2.45) is 0 Å². The molecular formula is C12H13ClN2O2. The Balaban J connectivity index is 2.54. The number of anilines is 1. The van der Waals surface area contributed by atoms with Gasteiger partial charge in [0.05, 0.1) is 0 Å². The number of nitrogens with two attached hydrogens (primary N) is 1. The van der Waals surface area contributed by atoms with E-state index in [-0.39, 0.29) is 17.6 Å². The minimum atomic E-state index is 0.117. The average molecular weight is 253 g/mol. The summed E-state index contributed by atoms with van der Waals surface area (Å²) in [4.78, 5) is 0. The molecule has 2 rings (SSSR count). The van der Waals surface area contributed by atoms with Gasteiger partial charge in [-0.3, -0.25) is 0 Å². The third-order valence-corrected chi connectivity index (χ3v) is 2.87. The van der Waals surface area contributed by atoms with Crippen molar-refractivity contribution < 1.29 is 9.63 Å². The standard InChI is InChI=1S/C12H13ClN2O2/c1-6(2)7-4-11(16)8(3-9(7)13)10-5-12(14)17-15-10/h3-6,16H,14H2,1-2H3. The number of nitrogen functional groups attached to an aromatic ring is 1. The predicted molar refractivity (Wildman–Crippen MR) is 67.1 cm³/mol. The fraction of sp³-hybridized carbons (Fsp3) is 0.250. The minimum absolute atomic E-state index is 0.117. The SMILES string of the molecule is CC(C)c1cc(O)c(-c2cc(N)on2)cc1Cl. The van der Waals surface area contributed by atoms with Gasteiger partial charge < -0.3 is 15.4 Å². The van der Waals surface area contributed by atoms with Crippen molar-refractivity contribution in [3.05, 3.63) is 28.8 Å². The normalized spacial score (nSPS) is 11.1. The van der Waals surface area contributed by atoms with Gasteiger partial charge >= 0.3 is 0 Å². The molecule has 0 fully saturated rings. The van der Waals surface area contributed by atoms with E-state index in [4.69, 9.17) is 21.9 Å². The summed E-state index contributed by atoms with van der Waals surface area (Å²) in [6.45, 7) is 4.02. The Labute approximate surface area is 104 Å². The first-order chi connectivity index (χ1) is 7.99. The van der Waals surface area contributed by atoms with Crippen LogP contribution in [0.25, 0.3) is 11.3 Å². The second-order valence-electron chi connectivity index (χ2n) is 4.16. The number of aromatic nitrogens is 1. The molecule has 0 spiro atoms. The number of hydrogen-bond acceptors (Lipinski definition) is 4. The van der Waals surface area contributed by atoms with Gasteiger partial charge in [-0.15, -0.1) is 0 Å². The zero-order valence-electron chi connectivity index (χ0n) is 9.57. The van der Waals surface area contributed by atoms with Crippen LogP contribution in [0.5, 0.6) is 5.75 Å². The lowest BCUT2D eigenvalue weighted by Crippen LogP contribution is -1.90. The van der Waals surface area contributed by atoms with Crippen molar-refractivity contribution in [3.63, 3.8) is 0 Å². The number of rotatable bonds is 2. The maximum absolute atomic E-state index is 9.95. The fourth-order valence-corrected chi connectivity index (χ4v) is 2.02. The maximum atomic E-state index is 9.95. The van der Waals surface area contributed by atoms with Gasteiger partial charge in [0.1, 0.15) is 11.4 Å². The minimum Gasteiger partial charge on any atom is -0.507 e. The lowest BCUT2D eigenvalue weighted by atomic mass is 9.99. The molecule has 90 valence electrons. The number of hydrogen-bond donors (Lipinski definition) is 2. The number of benzene rings is 1. The lowest BCUT2D eigenvalue weighted by Gasteiger charge is -2.10. The second kappa shape index (κ2) is 4.30. The van der Waals surface area contributed by atoms with Crippen LogP contribution in [0.4, 0.5) is 5.88 Å². The molecule has 0 saturated carbocycles. The van der Waals surface area contributed by atoms with E-state index >= 15 is 0 Å². The van der Waals surface area contributed by atoms with Crippen LogP contribution in [0.2, 0.25) is 5.02 Å². The van der Waals surface area contributed by atoms with Crippen LogP contribution in [-0.4, -0.2) is 10.3 Å². The molecule has 0 atom stereocenters. The summed E-state index contributed by atoms with van der Waals surface area (Å²) in [5.41, 5.74) is 7.31. The topological polar surface area (TPSA) is 72.3 Å². The summed E-state index contributed by atoms with van der Waals surface area (Å²) < 4.78 is 4.77. The average Bonchev–Trinajstić information content (AvgIpc) is 2.67. The first kappa shape index (κ1) is 11.8. The Morgan fingerprint density at radius 2 is 2.06 bits per heavy atom. The quantitative estimate of drug-likeness (QED) is 0.859. The summed E-state index contributed by atoms with van der Waals surface area (Å²) in [5.74, 6) is 0.555. The molecule has 17 heavy (non-hydrogen) atoms. The van der Waals surface area contributed by atoms with E-state index in [1.807, 2.05) is 13.8 Å². The van der Waals surface area contributed by atoms with Crippen molar-refractivity contribution in [2.75, 3.05) is 5.73 Å². The summed E-state index contributed by atoms with van der Waals surface area (Å²) >= 11 is 6.15. The highest BCUT2D eigenvalue weighted by molar-refractivity contribution is 6.31. The zero-order valence-corrected chi connectivity index (χ0v) is 10.3. The first-order valence-corrected chi connectivity index (χ1v) is 5.61. The van der Waals surface area contributed by atoms with Crippen molar-refractivity contribution in [1.29, 1.82) is 0 Å². The van der Waals surface area contributed by atoms with Crippen LogP contribution < -0.4 is 5.73 Å². The highest BCUT2D eigenvalue weighted by Crippen LogP contribution is 2.36. The molecule has 0 unspecified atom stereocenters. The molecule has 2 aromatic rings. The monoisotopic (exact) mass is 252 g/mol. The van der Waals surface area contributed by atoms with Crippen molar-refractivity contribution in [2.45, 2.75) is 19.8 Å². The van der Waals surface area contributed by atoms with Crippen LogP contribution in [0.3, 0.4) is 0 Å². The molecule has 0 aliphatic rings. The number of phenolic OH excluding ortho intramolecular Hbond substituents is 1. The number of phenols is 1. The third kappa shape index (κ3) is 2.22. The van der Waals surface area contributed by atoms with E-state index in [9.17, 15) is 5.11 Å². The molecule has 0 bridgehead atoms. The molecule has 5 heteroatoms. The molecule has 3 N–H and O–H groups in total. The molecule has 1 heterocycles. The van der Waals surface area contributed by atoms with Gasteiger partial charge in [-0.05, 0) is 23.6 Å². The van der Waals surface area contributed by atoms with Crippen LogP contribution in [0.15, 0.2) is 22.7 Å². The number of nitrogens with zero attached hydrogens (tertiary/aromatic N) is 1. The van der Waals surface area contributed by atoms with Crippen LogP contribution in [0.1, 0.15) is 25.3 Å². The molecule has 0 radical (unpaired) electrons. The van der Waals surface area contributed by atoms with Crippen molar-refractivity contribution in [3.8, 4) is 17.0 Å². The van der Waals surface area contributed by atoms with E-state index in [0.29, 0.717) is 16.3 Å². The van der Waals surface area contributed by atoms with Crippen LogP contribution >= 0.6 is 11.6 Å². The Kier molecular flexibility index (Phi) is 2.98. The second-order valence-corrected chi connectivity index (χ2v) is 4.57. The molecule has 1 aromatic carbocycles. The highest BCUT2D eigenvalue weighted by Gasteiger charge is 2.14. The van der Waals surface area contributed by atoms with Gasteiger partial charge in [-0.1, -0.05) is 30.6 Å².